The Kier molecular flexibility index (Phi) is 10.4. The first-order valence-corrected chi connectivity index (χ1v) is 14.0. The molecule has 0 bridgehead atoms. The van der Waals surface area contributed by atoms with Gasteiger partial charge in [0.15, 0.2) is 0 Å². The largest absolute Gasteiger partial charge is 0.476 e. The van der Waals surface area contributed by atoms with E-state index in [0.717, 1.165) is 24.3 Å². The second-order valence-electron chi connectivity index (χ2n) is 10.6. The van der Waals surface area contributed by atoms with Crippen molar-refractivity contribution in [1.29, 1.82) is 0 Å². The predicted molar refractivity (Wildman–Crippen MR) is 141 cm³/mol. The second kappa shape index (κ2) is 12.9. The third-order valence-electron chi connectivity index (χ3n) is 6.93. The Morgan fingerprint density at radius 2 is 1.90 bits per heavy atom. The quantitative estimate of drug-likeness (QED) is 0.240. The smallest absolute Gasteiger partial charge is 0.427 e. The van der Waals surface area contributed by atoms with Gasteiger partial charge >= 0.3 is 6.18 Å². The van der Waals surface area contributed by atoms with E-state index in [9.17, 15) is 32.0 Å². The van der Waals surface area contributed by atoms with E-state index in [1.165, 1.54) is 6.07 Å². The third-order valence-corrected chi connectivity index (χ3v) is 8.47. The fraction of sp³-hybridized carbons (Fsp3) is 0.556. The van der Waals surface area contributed by atoms with Crippen LogP contribution in [0.2, 0.25) is 0 Å². The lowest BCUT2D eigenvalue weighted by Crippen LogP contribution is -2.53. The van der Waals surface area contributed by atoms with Crippen LogP contribution in [-0.4, -0.2) is 70.7 Å². The van der Waals surface area contributed by atoms with Crippen molar-refractivity contribution in [3.63, 3.8) is 0 Å². The average Bonchev–Trinajstić information content (AvgIpc) is 2.87. The molecule has 218 valence electrons. The molecule has 5 atom stereocenters. The minimum Gasteiger partial charge on any atom is -0.476 e. The number of rotatable bonds is 11. The summed E-state index contributed by atoms with van der Waals surface area (Å²) in [4.78, 5) is 0. The topological polar surface area (TPSA) is 114 Å². The van der Waals surface area contributed by atoms with E-state index in [-0.39, 0.29) is 30.1 Å². The van der Waals surface area contributed by atoms with Gasteiger partial charge in [-0.25, -0.2) is 4.39 Å². The Morgan fingerprint density at radius 3 is 2.54 bits per heavy atom. The fourth-order valence-electron chi connectivity index (χ4n) is 4.50. The van der Waals surface area contributed by atoms with Crippen LogP contribution < -0.4 is 15.8 Å². The molecular weight excluding hydrogens is 540 g/mol. The molecule has 1 aliphatic heterocycles. The van der Waals surface area contributed by atoms with Gasteiger partial charge in [0.25, 0.3) is 0 Å². The zero-order chi connectivity index (χ0) is 29.0. The van der Waals surface area contributed by atoms with Gasteiger partial charge in [-0.3, -0.25) is 4.21 Å². The molecule has 7 nitrogen and oxygen atoms in total. The first-order valence-electron chi connectivity index (χ1n) is 12.5. The van der Waals surface area contributed by atoms with Crippen LogP contribution in [0.3, 0.4) is 0 Å². The van der Waals surface area contributed by atoms with E-state index in [1.807, 2.05) is 38.1 Å². The van der Waals surface area contributed by atoms with Crippen LogP contribution >= 0.6 is 0 Å². The van der Waals surface area contributed by atoms with Crippen LogP contribution in [0, 0.1) is 11.7 Å². The van der Waals surface area contributed by atoms with Crippen LogP contribution in [0.1, 0.15) is 30.5 Å². The molecule has 0 spiro atoms. The van der Waals surface area contributed by atoms with Crippen molar-refractivity contribution in [3.05, 3.63) is 58.9 Å². The molecule has 1 saturated heterocycles. The summed E-state index contributed by atoms with van der Waals surface area (Å²) >= 11 is 0. The standard InChI is InChI=1S/C27H36F4N2O5S/c1-26(2,15-34)19-6-4-5-16(8-19)11-33-21-14-39(36)13-18(25(21)35)7-17-9-20(28)24(32)22(10-17)38-23(12-37-3)27(29,30)31/h4-6,8-10,18,21,23,25,33-35H,7,11-15,32H2,1-3H3/t18-,21+,23-,25+,39-/m1/s1. The third kappa shape index (κ3) is 8.14. The van der Waals surface area contributed by atoms with Gasteiger partial charge in [-0.15, -0.1) is 0 Å². The Bertz CT molecular complexity index is 1150. The molecule has 5 N–H and O–H groups in total. The Hall–Kier alpha value is -2.25. The summed E-state index contributed by atoms with van der Waals surface area (Å²) in [6, 6.07) is 9.46. The van der Waals surface area contributed by atoms with E-state index >= 15 is 0 Å². The number of nitrogens with one attached hydrogen (secondary N) is 1. The molecule has 12 heteroatoms. The van der Waals surface area contributed by atoms with E-state index in [2.05, 4.69) is 10.1 Å². The summed E-state index contributed by atoms with van der Waals surface area (Å²) in [6.07, 6.45) is -8.00. The van der Waals surface area contributed by atoms with Crippen LogP contribution in [0.15, 0.2) is 36.4 Å². The van der Waals surface area contributed by atoms with Gasteiger partial charge in [0, 0.05) is 53.3 Å². The number of aliphatic hydroxyl groups is 2. The summed E-state index contributed by atoms with van der Waals surface area (Å²) in [5, 5.41) is 24.0. The van der Waals surface area contributed by atoms with Crippen LogP contribution in [0.5, 0.6) is 5.75 Å². The molecule has 1 heterocycles. The normalized spacial score (nSPS) is 23.0. The number of benzene rings is 2. The molecule has 1 fully saturated rings. The van der Waals surface area contributed by atoms with Crippen molar-refractivity contribution in [2.45, 2.75) is 56.7 Å². The number of ether oxygens (including phenoxy) is 2. The van der Waals surface area contributed by atoms with Crippen LogP contribution in [-0.2, 0) is 33.9 Å². The van der Waals surface area contributed by atoms with Crippen molar-refractivity contribution in [2.24, 2.45) is 5.92 Å². The Morgan fingerprint density at radius 1 is 1.18 bits per heavy atom. The number of hydrogen-bond donors (Lipinski definition) is 4. The van der Waals surface area contributed by atoms with Gasteiger partial charge in [0.1, 0.15) is 17.3 Å². The number of methoxy groups -OCH3 is 1. The molecule has 0 saturated carbocycles. The van der Waals surface area contributed by atoms with E-state index < -0.39 is 70.4 Å². The summed E-state index contributed by atoms with van der Waals surface area (Å²) in [5.74, 6) is -1.61. The van der Waals surface area contributed by atoms with Crippen LogP contribution in [0.25, 0.3) is 0 Å². The van der Waals surface area contributed by atoms with Gasteiger partial charge in [0.2, 0.25) is 6.10 Å². The minimum atomic E-state index is -4.77. The fourth-order valence-corrected chi connectivity index (χ4v) is 6.14. The Balaban J connectivity index is 1.74. The lowest BCUT2D eigenvalue weighted by molar-refractivity contribution is -0.206. The summed E-state index contributed by atoms with van der Waals surface area (Å²) in [5.41, 5.74) is 6.80. The maximum Gasteiger partial charge on any atom is 0.427 e. The van der Waals surface area contributed by atoms with Crippen molar-refractivity contribution in [1.82, 2.24) is 5.32 Å². The number of halogens is 4. The number of alkyl halides is 3. The maximum absolute atomic E-state index is 14.6. The molecule has 0 aliphatic carbocycles. The van der Waals surface area contributed by atoms with E-state index in [4.69, 9.17) is 10.5 Å². The zero-order valence-corrected chi connectivity index (χ0v) is 22.9. The van der Waals surface area contributed by atoms with Crippen molar-refractivity contribution >= 4 is 16.5 Å². The number of aliphatic hydroxyl groups excluding tert-OH is 2. The molecule has 2 aromatic rings. The molecule has 3 rings (SSSR count). The van der Waals surface area contributed by atoms with E-state index in [0.29, 0.717) is 6.54 Å². The highest BCUT2D eigenvalue weighted by Crippen LogP contribution is 2.33. The predicted octanol–water partition coefficient (Wildman–Crippen LogP) is 3.07. The summed E-state index contributed by atoms with van der Waals surface area (Å²) < 4.78 is 76.7. The second-order valence-corrected chi connectivity index (χ2v) is 12.1. The van der Waals surface area contributed by atoms with Gasteiger partial charge in [-0.05, 0) is 35.2 Å². The number of nitrogen functional groups attached to an aromatic ring is 1. The highest BCUT2D eigenvalue weighted by atomic mass is 32.2. The number of hydrogen-bond acceptors (Lipinski definition) is 7. The molecule has 0 aromatic heterocycles. The van der Waals surface area contributed by atoms with Crippen molar-refractivity contribution in [2.75, 3.05) is 37.6 Å². The SMILES string of the molecule is COC[C@@H](Oc1cc(C[C@@H]2C[S@@](=O)C[C@H](NCc3cccc(C(C)(C)CO)c3)[C@H]2O)cc(F)c1N)C(F)(F)F. The lowest BCUT2D eigenvalue weighted by Gasteiger charge is -2.35. The summed E-state index contributed by atoms with van der Waals surface area (Å²) in [7, 11) is -0.194. The van der Waals surface area contributed by atoms with Gasteiger partial charge in [-0.1, -0.05) is 38.1 Å². The molecular formula is C27H36F4N2O5S. The first-order chi connectivity index (χ1) is 18.2. The zero-order valence-electron chi connectivity index (χ0n) is 22.1. The highest BCUT2D eigenvalue weighted by molar-refractivity contribution is 7.85. The molecule has 0 amide bonds. The highest BCUT2D eigenvalue weighted by Gasteiger charge is 2.42. The molecule has 1 aliphatic rings. The monoisotopic (exact) mass is 576 g/mol. The molecule has 0 radical (unpaired) electrons. The maximum atomic E-state index is 14.6. The number of anilines is 1. The van der Waals surface area contributed by atoms with Gasteiger partial charge < -0.3 is 30.7 Å². The minimum absolute atomic E-state index is 0.0202. The molecule has 2 aromatic carbocycles. The molecule has 0 unspecified atom stereocenters. The first kappa shape index (κ1) is 31.3. The van der Waals surface area contributed by atoms with Crippen molar-refractivity contribution < 1.29 is 41.5 Å². The number of nitrogens with two attached hydrogens (primary N) is 1. The van der Waals surface area contributed by atoms with Crippen LogP contribution in [0.4, 0.5) is 23.2 Å². The lowest BCUT2D eigenvalue weighted by atomic mass is 9.85. The molecule has 39 heavy (non-hydrogen) atoms. The summed E-state index contributed by atoms with van der Waals surface area (Å²) in [6.45, 7) is 3.41. The Labute approximate surface area is 228 Å². The van der Waals surface area contributed by atoms with Gasteiger partial charge in [0.05, 0.1) is 19.3 Å². The van der Waals surface area contributed by atoms with Crippen molar-refractivity contribution in [3.8, 4) is 5.75 Å². The average molecular weight is 577 g/mol. The van der Waals surface area contributed by atoms with Gasteiger partial charge in [-0.2, -0.15) is 13.2 Å². The van der Waals surface area contributed by atoms with E-state index in [1.54, 1.807) is 0 Å².